The van der Waals surface area contributed by atoms with Crippen LogP contribution in [0.4, 0.5) is 10.2 Å². The molecule has 0 spiro atoms. The van der Waals surface area contributed by atoms with Gasteiger partial charge < -0.3 is 9.64 Å². The molecule has 4 aromatic rings. The SMILES string of the molecule is CCCc1cc(N2CCN(Cc3ccc(OC)c(F)c3)CC2)n2c(nc3ccccc32)c1C#N. The number of rotatable bonds is 6. The van der Waals surface area contributed by atoms with Crippen molar-refractivity contribution in [3.05, 3.63) is 71.0 Å². The predicted octanol–water partition coefficient (Wildman–Crippen LogP) is 4.78. The second kappa shape index (κ2) is 9.32. The molecule has 1 aliphatic rings. The molecule has 0 bridgehead atoms. The van der Waals surface area contributed by atoms with Crippen molar-refractivity contribution in [1.29, 1.82) is 5.26 Å². The first-order valence-corrected chi connectivity index (χ1v) is 11.8. The average molecular weight is 458 g/mol. The normalized spacial score (nSPS) is 14.6. The molecule has 0 saturated carbocycles. The van der Waals surface area contributed by atoms with Gasteiger partial charge in [0.05, 0.1) is 23.7 Å². The van der Waals surface area contributed by atoms with Gasteiger partial charge in [0.2, 0.25) is 0 Å². The van der Waals surface area contributed by atoms with Gasteiger partial charge in [0.15, 0.2) is 17.2 Å². The fourth-order valence-electron chi connectivity index (χ4n) is 4.88. The number of piperazine rings is 1. The summed E-state index contributed by atoms with van der Waals surface area (Å²) in [4.78, 5) is 9.56. The molecule has 7 heteroatoms. The highest BCUT2D eigenvalue weighted by molar-refractivity contribution is 5.85. The quantitative estimate of drug-likeness (QED) is 0.417. The Kier molecular flexibility index (Phi) is 6.08. The number of ether oxygens (including phenoxy) is 1. The number of fused-ring (bicyclic) bond motifs is 3. The number of para-hydroxylation sites is 2. The summed E-state index contributed by atoms with van der Waals surface area (Å²) < 4.78 is 21.3. The molecule has 0 unspecified atom stereocenters. The van der Waals surface area contributed by atoms with Gasteiger partial charge in [-0.3, -0.25) is 9.30 Å². The number of nitrogens with zero attached hydrogens (tertiary/aromatic N) is 5. The van der Waals surface area contributed by atoms with Gasteiger partial charge >= 0.3 is 0 Å². The molecule has 1 aliphatic heterocycles. The summed E-state index contributed by atoms with van der Waals surface area (Å²) in [6.07, 6.45) is 1.81. The molecule has 6 nitrogen and oxygen atoms in total. The van der Waals surface area contributed by atoms with Crippen molar-refractivity contribution in [2.75, 3.05) is 38.2 Å². The summed E-state index contributed by atoms with van der Waals surface area (Å²) >= 11 is 0. The molecule has 174 valence electrons. The molecule has 2 aromatic carbocycles. The van der Waals surface area contributed by atoms with Crippen LogP contribution in [0.2, 0.25) is 0 Å². The standard InChI is InChI=1S/C27H28FN5O/c1-3-6-20-16-26(33-24-8-5-4-7-23(24)30-27(33)21(20)17-29)32-13-11-31(12-14-32)18-19-9-10-25(34-2)22(28)15-19/h4-5,7-10,15-16H,3,6,11-14,18H2,1-2H3. The van der Waals surface area contributed by atoms with Crippen LogP contribution >= 0.6 is 0 Å². The number of benzene rings is 2. The Labute approximate surface area is 198 Å². The Morgan fingerprint density at radius 2 is 1.88 bits per heavy atom. The second-order valence-electron chi connectivity index (χ2n) is 8.76. The van der Waals surface area contributed by atoms with Crippen molar-refractivity contribution in [1.82, 2.24) is 14.3 Å². The average Bonchev–Trinajstić information content (AvgIpc) is 3.24. The van der Waals surface area contributed by atoms with E-state index >= 15 is 0 Å². The van der Waals surface area contributed by atoms with Gasteiger partial charge in [-0.25, -0.2) is 9.37 Å². The van der Waals surface area contributed by atoms with E-state index in [1.54, 1.807) is 12.1 Å². The maximum Gasteiger partial charge on any atom is 0.165 e. The third kappa shape index (κ3) is 3.95. The number of pyridine rings is 1. The van der Waals surface area contributed by atoms with Crippen molar-refractivity contribution in [2.24, 2.45) is 0 Å². The highest BCUT2D eigenvalue weighted by atomic mass is 19.1. The van der Waals surface area contributed by atoms with Crippen LogP contribution in [-0.2, 0) is 13.0 Å². The van der Waals surface area contributed by atoms with Crippen molar-refractivity contribution < 1.29 is 9.13 Å². The zero-order valence-corrected chi connectivity index (χ0v) is 19.6. The van der Waals surface area contributed by atoms with E-state index in [0.717, 1.165) is 72.6 Å². The first kappa shape index (κ1) is 22.2. The molecular formula is C27H28FN5O. The Morgan fingerprint density at radius 1 is 1.09 bits per heavy atom. The molecule has 0 aliphatic carbocycles. The fourth-order valence-corrected chi connectivity index (χ4v) is 4.88. The largest absolute Gasteiger partial charge is 0.494 e. The van der Waals surface area contributed by atoms with E-state index in [0.29, 0.717) is 12.1 Å². The van der Waals surface area contributed by atoms with Crippen molar-refractivity contribution in [3.63, 3.8) is 0 Å². The van der Waals surface area contributed by atoms with Crippen LogP contribution in [0.3, 0.4) is 0 Å². The molecular weight excluding hydrogens is 429 g/mol. The van der Waals surface area contributed by atoms with Crippen molar-refractivity contribution in [3.8, 4) is 11.8 Å². The van der Waals surface area contributed by atoms with Crippen LogP contribution in [0.5, 0.6) is 5.75 Å². The maximum absolute atomic E-state index is 14.1. The molecule has 5 rings (SSSR count). The van der Waals surface area contributed by atoms with E-state index in [2.05, 4.69) is 39.3 Å². The summed E-state index contributed by atoms with van der Waals surface area (Å²) in [5.74, 6) is 1.03. The Hall–Kier alpha value is -3.63. The highest BCUT2D eigenvalue weighted by Gasteiger charge is 2.23. The minimum atomic E-state index is -0.325. The van der Waals surface area contributed by atoms with Crippen LogP contribution < -0.4 is 9.64 Å². The molecule has 1 fully saturated rings. The molecule has 0 N–H and O–H groups in total. The van der Waals surface area contributed by atoms with Gasteiger partial charge in [0, 0.05) is 32.7 Å². The lowest BCUT2D eigenvalue weighted by atomic mass is 10.0. The molecule has 2 aromatic heterocycles. The summed E-state index contributed by atoms with van der Waals surface area (Å²) in [5.41, 5.74) is 5.32. The van der Waals surface area contributed by atoms with Gasteiger partial charge in [-0.15, -0.1) is 0 Å². The Bertz CT molecular complexity index is 1380. The fraction of sp³-hybridized carbons (Fsp3) is 0.333. The molecule has 3 heterocycles. The molecule has 34 heavy (non-hydrogen) atoms. The van der Waals surface area contributed by atoms with Gasteiger partial charge in [-0.05, 0) is 47.9 Å². The first-order valence-electron chi connectivity index (χ1n) is 11.8. The molecule has 1 saturated heterocycles. The number of hydrogen-bond donors (Lipinski definition) is 0. The minimum absolute atomic E-state index is 0.272. The zero-order valence-electron chi connectivity index (χ0n) is 19.6. The lowest BCUT2D eigenvalue weighted by Crippen LogP contribution is -2.46. The number of aryl methyl sites for hydroxylation is 1. The van der Waals surface area contributed by atoms with Crippen LogP contribution in [0, 0.1) is 17.1 Å². The highest BCUT2D eigenvalue weighted by Crippen LogP contribution is 2.30. The van der Waals surface area contributed by atoms with E-state index < -0.39 is 0 Å². The lowest BCUT2D eigenvalue weighted by molar-refractivity contribution is 0.248. The molecule has 0 atom stereocenters. The van der Waals surface area contributed by atoms with Crippen molar-refractivity contribution in [2.45, 2.75) is 26.3 Å². The summed E-state index contributed by atoms with van der Waals surface area (Å²) in [6, 6.07) is 17.8. The second-order valence-corrected chi connectivity index (χ2v) is 8.76. The summed E-state index contributed by atoms with van der Waals surface area (Å²) in [6.45, 7) is 6.26. The maximum atomic E-state index is 14.1. The smallest absolute Gasteiger partial charge is 0.165 e. The molecule has 0 amide bonds. The lowest BCUT2D eigenvalue weighted by Gasteiger charge is -2.36. The number of hydrogen-bond acceptors (Lipinski definition) is 5. The van der Waals surface area contributed by atoms with Gasteiger partial charge in [0.25, 0.3) is 0 Å². The van der Waals surface area contributed by atoms with E-state index in [4.69, 9.17) is 9.72 Å². The number of methoxy groups -OCH3 is 1. The van der Waals surface area contributed by atoms with E-state index in [1.165, 1.54) is 7.11 Å². The van der Waals surface area contributed by atoms with E-state index in [-0.39, 0.29) is 11.6 Å². The Morgan fingerprint density at radius 3 is 2.59 bits per heavy atom. The predicted molar refractivity (Wildman–Crippen MR) is 132 cm³/mol. The first-order chi connectivity index (χ1) is 16.6. The van der Waals surface area contributed by atoms with Crippen molar-refractivity contribution >= 4 is 22.5 Å². The van der Waals surface area contributed by atoms with E-state index in [1.807, 2.05) is 24.3 Å². The zero-order chi connectivity index (χ0) is 23.7. The van der Waals surface area contributed by atoms with Gasteiger partial charge in [-0.2, -0.15) is 5.26 Å². The van der Waals surface area contributed by atoms with Gasteiger partial charge in [0.1, 0.15) is 11.9 Å². The molecule has 0 radical (unpaired) electrons. The van der Waals surface area contributed by atoms with Crippen LogP contribution in [0.15, 0.2) is 48.5 Å². The number of anilines is 1. The van der Waals surface area contributed by atoms with E-state index in [9.17, 15) is 9.65 Å². The minimum Gasteiger partial charge on any atom is -0.494 e. The monoisotopic (exact) mass is 457 g/mol. The number of aromatic nitrogens is 2. The van der Waals surface area contributed by atoms with Crippen LogP contribution in [0.1, 0.15) is 30.0 Å². The summed E-state index contributed by atoms with van der Waals surface area (Å²) in [7, 11) is 1.48. The number of nitriles is 1. The number of imidazole rings is 1. The third-order valence-corrected chi connectivity index (χ3v) is 6.59. The van der Waals surface area contributed by atoms with Crippen LogP contribution in [0.25, 0.3) is 16.7 Å². The van der Waals surface area contributed by atoms with Crippen LogP contribution in [-0.4, -0.2) is 47.6 Å². The topological polar surface area (TPSA) is 56.8 Å². The Balaban J connectivity index is 1.44. The number of halogens is 1. The van der Waals surface area contributed by atoms with Gasteiger partial charge in [-0.1, -0.05) is 31.5 Å². The summed E-state index contributed by atoms with van der Waals surface area (Å²) in [5, 5.41) is 9.94. The third-order valence-electron chi connectivity index (χ3n) is 6.59.